The van der Waals surface area contributed by atoms with Gasteiger partial charge < -0.3 is 9.84 Å². The van der Waals surface area contributed by atoms with Crippen molar-refractivity contribution < 1.29 is 14.6 Å². The maximum absolute atomic E-state index is 12.1. The Bertz CT molecular complexity index is 566. The number of aryl methyl sites for hydroxylation is 1. The third-order valence-corrected chi connectivity index (χ3v) is 3.82. The Morgan fingerprint density at radius 1 is 1.38 bits per heavy atom. The fourth-order valence-corrected chi connectivity index (χ4v) is 2.44. The number of ether oxygens (including phenoxy) is 1. The molecule has 0 aliphatic rings. The summed E-state index contributed by atoms with van der Waals surface area (Å²) < 4.78 is 6.69. The summed E-state index contributed by atoms with van der Waals surface area (Å²) in [6, 6.07) is -0.0376. The van der Waals surface area contributed by atoms with Gasteiger partial charge in [0.25, 0.3) is 0 Å². The minimum atomic E-state index is -0.848. The molecule has 0 amide bonds. The van der Waals surface area contributed by atoms with E-state index in [0.717, 1.165) is 11.3 Å². The number of carboxylic acid groups (broad SMARTS) is 1. The van der Waals surface area contributed by atoms with Gasteiger partial charge in [0.2, 0.25) is 0 Å². The van der Waals surface area contributed by atoms with Crippen LogP contribution in [0.5, 0.6) is 0 Å². The molecule has 1 rings (SSSR count). The van der Waals surface area contributed by atoms with E-state index in [0.29, 0.717) is 25.1 Å². The number of methoxy groups -OCH3 is 1. The van der Waals surface area contributed by atoms with E-state index in [1.54, 1.807) is 25.5 Å². The van der Waals surface area contributed by atoms with Crippen molar-refractivity contribution in [2.24, 2.45) is 5.92 Å². The standard InChI is InChI=1S/C15H24N2O4/c1-9(14(18)19)8-13-11(3)16-15(20)17(12(13)4)10(2)6-7-21-5/h9-10H,6-8H2,1-5H3,(H,18,19). The Hall–Kier alpha value is -1.69. The predicted octanol–water partition coefficient (Wildman–Crippen LogP) is 1.72. The van der Waals surface area contributed by atoms with Crippen LogP contribution in [0, 0.1) is 19.8 Å². The van der Waals surface area contributed by atoms with Crippen LogP contribution in [0.25, 0.3) is 0 Å². The van der Waals surface area contributed by atoms with Crippen molar-refractivity contribution in [3.63, 3.8) is 0 Å². The molecule has 0 saturated carbocycles. The summed E-state index contributed by atoms with van der Waals surface area (Å²) in [6.07, 6.45) is 1.08. The molecule has 6 heteroatoms. The first-order valence-electron chi connectivity index (χ1n) is 7.09. The van der Waals surface area contributed by atoms with E-state index in [1.807, 2.05) is 13.8 Å². The van der Waals surface area contributed by atoms with Crippen molar-refractivity contribution >= 4 is 5.97 Å². The van der Waals surface area contributed by atoms with E-state index in [-0.39, 0.29) is 11.7 Å². The number of nitrogens with zero attached hydrogens (tertiary/aromatic N) is 2. The molecule has 1 aromatic rings. The molecule has 0 spiro atoms. The van der Waals surface area contributed by atoms with Gasteiger partial charge in [0.1, 0.15) is 0 Å². The highest BCUT2D eigenvalue weighted by Crippen LogP contribution is 2.19. The molecule has 1 aromatic heterocycles. The number of aliphatic carboxylic acids is 1. The number of carboxylic acids is 1. The third kappa shape index (κ3) is 4.14. The van der Waals surface area contributed by atoms with E-state index in [1.165, 1.54) is 0 Å². The van der Waals surface area contributed by atoms with Gasteiger partial charge in [-0.15, -0.1) is 0 Å². The van der Waals surface area contributed by atoms with E-state index in [4.69, 9.17) is 9.84 Å². The van der Waals surface area contributed by atoms with Crippen LogP contribution in [0.1, 0.15) is 43.3 Å². The highest BCUT2D eigenvalue weighted by atomic mass is 16.5. The van der Waals surface area contributed by atoms with Crippen LogP contribution >= 0.6 is 0 Å². The van der Waals surface area contributed by atoms with Crippen molar-refractivity contribution in [3.05, 3.63) is 27.4 Å². The van der Waals surface area contributed by atoms with E-state index < -0.39 is 11.9 Å². The number of hydrogen-bond donors (Lipinski definition) is 1. The number of rotatable bonds is 7. The average Bonchev–Trinajstić information content (AvgIpc) is 2.40. The largest absolute Gasteiger partial charge is 0.481 e. The Balaban J connectivity index is 3.22. The Morgan fingerprint density at radius 3 is 2.52 bits per heavy atom. The molecule has 0 fully saturated rings. The maximum atomic E-state index is 12.1. The second-order valence-corrected chi connectivity index (χ2v) is 5.49. The second kappa shape index (κ2) is 7.36. The molecule has 2 atom stereocenters. The van der Waals surface area contributed by atoms with E-state index in [9.17, 15) is 9.59 Å². The Morgan fingerprint density at radius 2 is 2.00 bits per heavy atom. The summed E-state index contributed by atoms with van der Waals surface area (Å²) in [5, 5.41) is 9.07. The summed E-state index contributed by atoms with van der Waals surface area (Å²) in [6.45, 7) is 7.76. The topological polar surface area (TPSA) is 81.4 Å². The molecule has 21 heavy (non-hydrogen) atoms. The fraction of sp³-hybridized carbons (Fsp3) is 0.667. The van der Waals surface area contributed by atoms with Crippen molar-refractivity contribution in [1.82, 2.24) is 9.55 Å². The maximum Gasteiger partial charge on any atom is 0.348 e. The van der Waals surface area contributed by atoms with Gasteiger partial charge in [-0.25, -0.2) is 4.79 Å². The Labute approximate surface area is 124 Å². The lowest BCUT2D eigenvalue weighted by Crippen LogP contribution is -2.31. The summed E-state index contributed by atoms with van der Waals surface area (Å²) in [5.41, 5.74) is 1.96. The molecule has 1 heterocycles. The summed E-state index contributed by atoms with van der Waals surface area (Å²) in [7, 11) is 1.62. The third-order valence-electron chi connectivity index (χ3n) is 3.82. The van der Waals surface area contributed by atoms with Crippen LogP contribution < -0.4 is 5.69 Å². The van der Waals surface area contributed by atoms with Crippen LogP contribution in [0.3, 0.4) is 0 Å². The summed E-state index contributed by atoms with van der Waals surface area (Å²) in [4.78, 5) is 27.2. The molecule has 0 radical (unpaired) electrons. The monoisotopic (exact) mass is 296 g/mol. The predicted molar refractivity (Wildman–Crippen MR) is 79.7 cm³/mol. The SMILES string of the molecule is COCCC(C)n1c(C)c(CC(C)C(=O)O)c(C)nc1=O. The van der Waals surface area contributed by atoms with Crippen molar-refractivity contribution in [2.45, 2.75) is 46.6 Å². The minimum Gasteiger partial charge on any atom is -0.481 e. The smallest absolute Gasteiger partial charge is 0.348 e. The second-order valence-electron chi connectivity index (χ2n) is 5.49. The van der Waals surface area contributed by atoms with Crippen LogP contribution in [-0.2, 0) is 16.0 Å². The quantitative estimate of drug-likeness (QED) is 0.828. The molecule has 2 unspecified atom stereocenters. The normalized spacial score (nSPS) is 14.0. The highest BCUT2D eigenvalue weighted by Gasteiger charge is 2.20. The molecule has 118 valence electrons. The van der Waals surface area contributed by atoms with Gasteiger partial charge in [-0.1, -0.05) is 6.92 Å². The van der Waals surface area contributed by atoms with Gasteiger partial charge in [-0.3, -0.25) is 9.36 Å². The lowest BCUT2D eigenvalue weighted by molar-refractivity contribution is -0.141. The summed E-state index contributed by atoms with van der Waals surface area (Å²) in [5.74, 6) is -1.36. The van der Waals surface area contributed by atoms with Crippen molar-refractivity contribution in [1.29, 1.82) is 0 Å². The molecule has 6 nitrogen and oxygen atoms in total. The van der Waals surface area contributed by atoms with Gasteiger partial charge in [-0.2, -0.15) is 4.98 Å². The Kier molecular flexibility index (Phi) is 6.08. The molecule has 0 aliphatic heterocycles. The molecule has 1 N–H and O–H groups in total. The highest BCUT2D eigenvalue weighted by molar-refractivity contribution is 5.70. The lowest BCUT2D eigenvalue weighted by Gasteiger charge is -2.21. The first-order valence-corrected chi connectivity index (χ1v) is 7.09. The fourth-order valence-electron chi connectivity index (χ4n) is 2.44. The first-order chi connectivity index (χ1) is 9.79. The van der Waals surface area contributed by atoms with Gasteiger partial charge >= 0.3 is 11.7 Å². The van der Waals surface area contributed by atoms with Crippen LogP contribution in [0.4, 0.5) is 0 Å². The van der Waals surface area contributed by atoms with Crippen molar-refractivity contribution in [3.8, 4) is 0 Å². The van der Waals surface area contributed by atoms with Gasteiger partial charge in [0.05, 0.1) is 5.92 Å². The molecule has 0 bridgehead atoms. The van der Waals surface area contributed by atoms with Crippen LogP contribution in [0.2, 0.25) is 0 Å². The molecule has 0 saturated heterocycles. The molecular formula is C15H24N2O4. The van der Waals surface area contributed by atoms with E-state index in [2.05, 4.69) is 4.98 Å². The first kappa shape index (κ1) is 17.4. The number of aromatic nitrogens is 2. The minimum absolute atomic E-state index is 0.0376. The number of carbonyl (C=O) groups is 1. The number of hydrogen-bond acceptors (Lipinski definition) is 4. The van der Waals surface area contributed by atoms with Crippen molar-refractivity contribution in [2.75, 3.05) is 13.7 Å². The molecule has 0 aliphatic carbocycles. The zero-order chi connectivity index (χ0) is 16.2. The van der Waals surface area contributed by atoms with Gasteiger partial charge in [0.15, 0.2) is 0 Å². The zero-order valence-electron chi connectivity index (χ0n) is 13.3. The van der Waals surface area contributed by atoms with E-state index >= 15 is 0 Å². The summed E-state index contributed by atoms with van der Waals surface area (Å²) >= 11 is 0. The van der Waals surface area contributed by atoms with Crippen LogP contribution in [0.15, 0.2) is 4.79 Å². The lowest BCUT2D eigenvalue weighted by atomic mass is 9.98. The zero-order valence-corrected chi connectivity index (χ0v) is 13.3. The van der Waals surface area contributed by atoms with Gasteiger partial charge in [-0.05, 0) is 39.2 Å². The van der Waals surface area contributed by atoms with Crippen LogP contribution in [-0.4, -0.2) is 34.3 Å². The van der Waals surface area contributed by atoms with Gasteiger partial charge in [0, 0.05) is 31.1 Å². The average molecular weight is 296 g/mol. The molecule has 0 aromatic carbocycles. The molecular weight excluding hydrogens is 272 g/mol.